The summed E-state index contributed by atoms with van der Waals surface area (Å²) in [5.74, 6) is 0.878. The highest BCUT2D eigenvalue weighted by molar-refractivity contribution is 8.13. The molecule has 0 saturated heterocycles. The normalized spacial score (nSPS) is 23.0. The van der Waals surface area contributed by atoms with Crippen molar-refractivity contribution >= 4 is 16.9 Å². The number of hydrogen-bond acceptors (Lipinski definition) is 4. The second-order valence-corrected chi connectivity index (χ2v) is 4.62. The average molecular weight is 248 g/mol. The van der Waals surface area contributed by atoms with E-state index in [0.29, 0.717) is 0 Å². The summed E-state index contributed by atoms with van der Waals surface area (Å²) in [5.41, 5.74) is -0.388. The van der Waals surface area contributed by atoms with E-state index in [1.807, 2.05) is 30.7 Å². The molecule has 2 rings (SSSR count). The van der Waals surface area contributed by atoms with Crippen LogP contribution in [0.3, 0.4) is 0 Å². The Hall–Kier alpha value is -1.42. The molecule has 4 heteroatoms. The highest BCUT2D eigenvalue weighted by Crippen LogP contribution is 2.35. The highest BCUT2D eigenvalue weighted by Gasteiger charge is 2.33. The number of nitrogens with one attached hydrogen (secondary N) is 1. The Labute approximate surface area is 106 Å². The van der Waals surface area contributed by atoms with Crippen LogP contribution in [0.2, 0.25) is 0 Å². The van der Waals surface area contributed by atoms with Crippen LogP contribution < -0.4 is 5.32 Å². The number of rotatable bonds is 4. The Bertz CT molecular complexity index is 436. The monoisotopic (exact) mass is 248 g/mol. The molecule has 0 radical (unpaired) electrons. The lowest BCUT2D eigenvalue weighted by atomic mass is 9.90. The highest BCUT2D eigenvalue weighted by atomic mass is 32.2. The molecule has 17 heavy (non-hydrogen) atoms. The second-order valence-electron chi connectivity index (χ2n) is 3.83. The summed E-state index contributed by atoms with van der Waals surface area (Å²) < 4.78 is 5.54. The summed E-state index contributed by atoms with van der Waals surface area (Å²) in [4.78, 5) is 4.75. The van der Waals surface area contributed by atoms with Gasteiger partial charge in [0.1, 0.15) is 11.3 Å². The van der Waals surface area contributed by atoms with Crippen molar-refractivity contribution in [1.82, 2.24) is 5.32 Å². The molecule has 1 aliphatic rings. The van der Waals surface area contributed by atoms with Crippen molar-refractivity contribution in [2.45, 2.75) is 18.4 Å². The number of allylic oxidation sites excluding steroid dienone is 1. The molecule has 1 aliphatic heterocycles. The molecule has 1 atom stereocenters. The summed E-state index contributed by atoms with van der Waals surface area (Å²) in [6.45, 7) is 3.77. The van der Waals surface area contributed by atoms with Crippen LogP contribution in [0.25, 0.3) is 0 Å². The fourth-order valence-corrected chi connectivity index (χ4v) is 2.29. The van der Waals surface area contributed by atoms with Gasteiger partial charge >= 0.3 is 0 Å². The fourth-order valence-electron chi connectivity index (χ4n) is 1.85. The van der Waals surface area contributed by atoms with Gasteiger partial charge in [-0.1, -0.05) is 17.8 Å². The van der Waals surface area contributed by atoms with Crippen molar-refractivity contribution < 1.29 is 4.42 Å². The van der Waals surface area contributed by atoms with Gasteiger partial charge in [-0.05, 0) is 37.3 Å². The van der Waals surface area contributed by atoms with Gasteiger partial charge in [-0.15, -0.1) is 6.58 Å². The Kier molecular flexibility index (Phi) is 3.74. The Morgan fingerprint density at radius 3 is 3.18 bits per heavy atom. The molecule has 1 aromatic rings. The Morgan fingerprint density at radius 1 is 1.65 bits per heavy atom. The van der Waals surface area contributed by atoms with Crippen LogP contribution in [0.5, 0.6) is 0 Å². The zero-order valence-electron chi connectivity index (χ0n) is 9.85. The molecule has 0 amide bonds. The van der Waals surface area contributed by atoms with Gasteiger partial charge in [-0.25, -0.2) is 4.99 Å². The first-order chi connectivity index (χ1) is 8.30. The molecule has 0 saturated carbocycles. The Morgan fingerprint density at radius 2 is 2.53 bits per heavy atom. The number of aliphatic imine (C=N–C) groups is 1. The number of furan rings is 1. The zero-order chi connectivity index (χ0) is 12.1. The van der Waals surface area contributed by atoms with Gasteiger partial charge in [0.25, 0.3) is 0 Å². The van der Waals surface area contributed by atoms with Gasteiger partial charge in [0, 0.05) is 6.20 Å². The minimum atomic E-state index is -0.388. The standard InChI is InChI=1S/C13H16N2OS/c1-3-4-7-13(11-6-5-10-16-11)8-9-14-12(15-13)17-2/h3,5-6,8-10H,1,4,7H2,2H3,(H,14,15). The van der Waals surface area contributed by atoms with E-state index < -0.39 is 0 Å². The number of nitrogens with zero attached hydrogens (tertiary/aromatic N) is 1. The maximum Gasteiger partial charge on any atom is 0.161 e. The number of hydrogen-bond donors (Lipinski definition) is 1. The lowest BCUT2D eigenvalue weighted by Gasteiger charge is -2.27. The van der Waals surface area contributed by atoms with Gasteiger partial charge in [-0.2, -0.15) is 0 Å². The van der Waals surface area contributed by atoms with Gasteiger partial charge in [-0.3, -0.25) is 0 Å². The van der Waals surface area contributed by atoms with E-state index in [1.54, 1.807) is 18.0 Å². The van der Waals surface area contributed by atoms with Gasteiger partial charge < -0.3 is 9.73 Å². The maximum absolute atomic E-state index is 5.54. The van der Waals surface area contributed by atoms with Crippen LogP contribution in [0.1, 0.15) is 18.6 Å². The maximum atomic E-state index is 5.54. The smallest absolute Gasteiger partial charge is 0.161 e. The third kappa shape index (κ3) is 2.47. The average Bonchev–Trinajstić information content (AvgIpc) is 2.91. The predicted octanol–water partition coefficient (Wildman–Crippen LogP) is 3.28. The van der Waals surface area contributed by atoms with Crippen molar-refractivity contribution in [3.8, 4) is 0 Å². The van der Waals surface area contributed by atoms with Gasteiger partial charge in [0.05, 0.1) is 6.26 Å². The quantitative estimate of drug-likeness (QED) is 0.831. The molecule has 0 fully saturated rings. The van der Waals surface area contributed by atoms with E-state index in [1.165, 1.54) is 0 Å². The molecular formula is C13H16N2OS. The molecule has 2 heterocycles. The molecule has 1 aromatic heterocycles. The van der Waals surface area contributed by atoms with Crippen molar-refractivity contribution in [3.05, 3.63) is 49.1 Å². The number of thioether (sulfide) groups is 1. The molecule has 90 valence electrons. The topological polar surface area (TPSA) is 37.5 Å². The number of amidine groups is 1. The largest absolute Gasteiger partial charge is 0.466 e. The summed E-state index contributed by atoms with van der Waals surface area (Å²) in [7, 11) is 0. The van der Waals surface area contributed by atoms with Gasteiger partial charge in [0.2, 0.25) is 0 Å². The van der Waals surface area contributed by atoms with Crippen LogP contribution in [0, 0.1) is 0 Å². The molecule has 0 bridgehead atoms. The van der Waals surface area contributed by atoms with Crippen LogP contribution in [0.15, 0.2) is 52.7 Å². The van der Waals surface area contributed by atoms with E-state index in [0.717, 1.165) is 23.8 Å². The molecule has 1 N–H and O–H groups in total. The van der Waals surface area contributed by atoms with E-state index in [-0.39, 0.29) is 5.54 Å². The first-order valence-corrected chi connectivity index (χ1v) is 6.76. The molecule has 1 unspecified atom stereocenters. The minimum Gasteiger partial charge on any atom is -0.466 e. The van der Waals surface area contributed by atoms with E-state index in [4.69, 9.17) is 9.41 Å². The van der Waals surface area contributed by atoms with Gasteiger partial charge in [0.15, 0.2) is 5.17 Å². The summed E-state index contributed by atoms with van der Waals surface area (Å²) in [6.07, 6.45) is 11.4. The summed E-state index contributed by atoms with van der Waals surface area (Å²) in [5, 5.41) is 4.04. The summed E-state index contributed by atoms with van der Waals surface area (Å²) in [6, 6.07) is 3.87. The second kappa shape index (κ2) is 5.27. The van der Waals surface area contributed by atoms with Crippen LogP contribution >= 0.6 is 11.8 Å². The predicted molar refractivity (Wildman–Crippen MR) is 73.0 cm³/mol. The van der Waals surface area contributed by atoms with Crippen molar-refractivity contribution in [2.75, 3.05) is 6.26 Å². The van der Waals surface area contributed by atoms with Crippen LogP contribution in [-0.4, -0.2) is 11.4 Å². The first kappa shape index (κ1) is 12.0. The first-order valence-electron chi connectivity index (χ1n) is 5.54. The molecular weight excluding hydrogens is 232 g/mol. The summed E-state index contributed by atoms with van der Waals surface area (Å²) >= 11 is 1.60. The Balaban J connectivity index is 2.36. The lowest BCUT2D eigenvalue weighted by Crippen LogP contribution is -2.30. The third-order valence-corrected chi connectivity index (χ3v) is 3.33. The third-order valence-electron chi connectivity index (χ3n) is 2.74. The molecule has 3 nitrogen and oxygen atoms in total. The van der Waals surface area contributed by atoms with Crippen LogP contribution in [0.4, 0.5) is 0 Å². The zero-order valence-corrected chi connectivity index (χ0v) is 10.7. The fraction of sp³-hybridized carbons (Fsp3) is 0.308. The van der Waals surface area contributed by atoms with E-state index in [9.17, 15) is 0 Å². The lowest BCUT2D eigenvalue weighted by molar-refractivity contribution is 0.384. The molecule has 0 spiro atoms. The van der Waals surface area contributed by atoms with Crippen molar-refractivity contribution in [2.24, 2.45) is 4.99 Å². The SMILES string of the molecule is C=CCCC1(c2ccco2)C=CNC(SC)=N1. The van der Waals surface area contributed by atoms with E-state index >= 15 is 0 Å². The van der Waals surface area contributed by atoms with Crippen molar-refractivity contribution in [1.29, 1.82) is 0 Å². The molecule has 0 aliphatic carbocycles. The minimum absolute atomic E-state index is 0.388. The van der Waals surface area contributed by atoms with E-state index in [2.05, 4.69) is 18.0 Å². The van der Waals surface area contributed by atoms with Crippen LogP contribution in [-0.2, 0) is 5.54 Å². The van der Waals surface area contributed by atoms with Crippen molar-refractivity contribution in [3.63, 3.8) is 0 Å². The molecule has 0 aromatic carbocycles.